The van der Waals surface area contributed by atoms with Gasteiger partial charge in [-0.1, -0.05) is 49.7 Å². The molecule has 1 heteroatoms. The van der Waals surface area contributed by atoms with Crippen LogP contribution in [0.15, 0.2) is 48.5 Å². The predicted molar refractivity (Wildman–Crippen MR) is 117 cm³/mol. The van der Waals surface area contributed by atoms with Crippen molar-refractivity contribution < 1.29 is 0 Å². The number of nitrogens with zero attached hydrogens (tertiary/aromatic N) is 1. The van der Waals surface area contributed by atoms with Crippen LogP contribution in [0.5, 0.6) is 0 Å². The molecule has 0 saturated carbocycles. The first-order chi connectivity index (χ1) is 13.3. The third-order valence-electron chi connectivity index (χ3n) is 6.90. The molecule has 0 radical (unpaired) electrons. The standard InChI is InChI=1S/C26H21N/c1-2-3-10-27-13-19-11-17-8-6-15-4-5-16-7-9-18-12-20(14-27)21(19)26-24(17)22(15)23(16)25(18)26/h4-9,11-12H,2-3,10,13-14H2,1H3. The summed E-state index contributed by atoms with van der Waals surface area (Å²) in [6.07, 6.45) is 2.55. The fourth-order valence-corrected chi connectivity index (χ4v) is 5.79. The molecule has 130 valence electrons. The van der Waals surface area contributed by atoms with Crippen LogP contribution >= 0.6 is 0 Å². The third kappa shape index (κ3) is 1.65. The van der Waals surface area contributed by atoms with Crippen LogP contribution < -0.4 is 0 Å². The summed E-state index contributed by atoms with van der Waals surface area (Å²) in [4.78, 5) is 2.64. The molecule has 0 atom stereocenters. The van der Waals surface area contributed by atoms with E-state index in [1.54, 1.807) is 10.8 Å². The number of hydrogen-bond acceptors (Lipinski definition) is 1. The maximum absolute atomic E-state index is 2.64. The van der Waals surface area contributed by atoms with Crippen LogP contribution in [0.3, 0.4) is 0 Å². The predicted octanol–water partition coefficient (Wildman–Crippen LogP) is 6.88. The Balaban J connectivity index is 1.70. The van der Waals surface area contributed by atoms with Gasteiger partial charge in [-0.05, 0) is 90.1 Å². The quantitative estimate of drug-likeness (QED) is 0.315. The van der Waals surface area contributed by atoms with Gasteiger partial charge >= 0.3 is 0 Å². The molecule has 1 aliphatic heterocycles. The SMILES string of the molecule is CCCCN1Cc2cc3ccc4ccc5ccc6cc(c2c2c3c4c5c62)C1. The largest absolute Gasteiger partial charge is 0.295 e. The Morgan fingerprint density at radius 3 is 1.63 bits per heavy atom. The van der Waals surface area contributed by atoms with Gasteiger partial charge in [0.2, 0.25) is 0 Å². The number of hydrogen-bond donors (Lipinski definition) is 0. The highest BCUT2D eigenvalue weighted by Gasteiger charge is 2.26. The van der Waals surface area contributed by atoms with Gasteiger partial charge in [-0.3, -0.25) is 4.90 Å². The van der Waals surface area contributed by atoms with E-state index in [1.807, 2.05) is 0 Å². The van der Waals surface area contributed by atoms with Crippen molar-refractivity contribution in [1.29, 1.82) is 0 Å². The second-order valence-electron chi connectivity index (χ2n) is 8.47. The van der Waals surface area contributed by atoms with E-state index in [0.717, 1.165) is 13.1 Å². The lowest BCUT2D eigenvalue weighted by Gasteiger charge is -2.30. The Bertz CT molecular complexity index is 1350. The molecule has 0 aliphatic carbocycles. The molecule has 7 rings (SSSR count). The number of rotatable bonds is 3. The second-order valence-corrected chi connectivity index (χ2v) is 8.47. The van der Waals surface area contributed by atoms with Crippen LogP contribution in [-0.2, 0) is 13.1 Å². The molecule has 0 unspecified atom stereocenters. The van der Waals surface area contributed by atoms with E-state index in [2.05, 4.69) is 60.4 Å². The molecule has 27 heavy (non-hydrogen) atoms. The molecule has 6 aromatic carbocycles. The van der Waals surface area contributed by atoms with Crippen molar-refractivity contribution in [2.45, 2.75) is 32.9 Å². The van der Waals surface area contributed by atoms with Crippen molar-refractivity contribution in [2.24, 2.45) is 0 Å². The fourth-order valence-electron chi connectivity index (χ4n) is 5.79. The Morgan fingerprint density at radius 2 is 1.11 bits per heavy atom. The van der Waals surface area contributed by atoms with E-state index in [0.29, 0.717) is 0 Å². The summed E-state index contributed by atoms with van der Waals surface area (Å²) < 4.78 is 0. The van der Waals surface area contributed by atoms with E-state index in [-0.39, 0.29) is 0 Å². The normalized spacial score (nSPS) is 15.6. The van der Waals surface area contributed by atoms with Crippen molar-refractivity contribution in [3.63, 3.8) is 0 Å². The Labute approximate surface area is 158 Å². The summed E-state index contributed by atoms with van der Waals surface area (Å²) in [5.41, 5.74) is 3.06. The molecule has 0 N–H and O–H groups in total. The van der Waals surface area contributed by atoms with E-state index >= 15 is 0 Å². The minimum absolute atomic E-state index is 1.09. The highest BCUT2D eigenvalue weighted by atomic mass is 15.1. The lowest BCUT2D eigenvalue weighted by molar-refractivity contribution is 0.249. The Morgan fingerprint density at radius 1 is 0.630 bits per heavy atom. The van der Waals surface area contributed by atoms with Gasteiger partial charge < -0.3 is 0 Å². The number of unbranched alkanes of at least 4 members (excludes halogenated alkanes) is 1. The average molecular weight is 347 g/mol. The zero-order chi connectivity index (χ0) is 17.7. The van der Waals surface area contributed by atoms with Gasteiger partial charge in [0, 0.05) is 13.1 Å². The zero-order valence-corrected chi connectivity index (χ0v) is 15.6. The summed E-state index contributed by atoms with van der Waals surface area (Å²) in [6.45, 7) is 5.67. The van der Waals surface area contributed by atoms with Crippen molar-refractivity contribution in [3.05, 3.63) is 59.7 Å². The van der Waals surface area contributed by atoms with E-state index < -0.39 is 0 Å². The van der Waals surface area contributed by atoms with Gasteiger partial charge in [0.05, 0.1) is 0 Å². The lowest BCUT2D eigenvalue weighted by Crippen LogP contribution is -2.27. The average Bonchev–Trinajstić information content (AvgIpc) is 3.07. The van der Waals surface area contributed by atoms with Crippen LogP contribution in [0.1, 0.15) is 30.9 Å². The van der Waals surface area contributed by atoms with Crippen molar-refractivity contribution in [3.8, 4) is 0 Å². The Kier molecular flexibility index (Phi) is 2.56. The summed E-state index contributed by atoms with van der Waals surface area (Å²) in [7, 11) is 0. The molecule has 0 fully saturated rings. The zero-order valence-electron chi connectivity index (χ0n) is 15.6. The van der Waals surface area contributed by atoms with Crippen LogP contribution in [0.25, 0.3) is 53.9 Å². The van der Waals surface area contributed by atoms with Crippen LogP contribution in [0, 0.1) is 0 Å². The molecule has 1 nitrogen and oxygen atoms in total. The minimum atomic E-state index is 1.09. The van der Waals surface area contributed by atoms with Gasteiger partial charge in [0.25, 0.3) is 0 Å². The maximum Gasteiger partial charge on any atom is 0.0243 e. The molecule has 1 heterocycles. The molecule has 6 aromatic rings. The van der Waals surface area contributed by atoms with Gasteiger partial charge in [0.15, 0.2) is 0 Å². The van der Waals surface area contributed by atoms with Crippen LogP contribution in [0.4, 0.5) is 0 Å². The topological polar surface area (TPSA) is 3.24 Å². The first kappa shape index (κ1) is 14.4. The van der Waals surface area contributed by atoms with Gasteiger partial charge in [-0.2, -0.15) is 0 Å². The first-order valence-corrected chi connectivity index (χ1v) is 10.2. The first-order valence-electron chi connectivity index (χ1n) is 10.2. The molecular formula is C26H21N. The molecule has 0 saturated heterocycles. The van der Waals surface area contributed by atoms with Gasteiger partial charge in [-0.25, -0.2) is 0 Å². The van der Waals surface area contributed by atoms with E-state index in [9.17, 15) is 0 Å². The summed E-state index contributed by atoms with van der Waals surface area (Å²) in [5.74, 6) is 0. The van der Waals surface area contributed by atoms with Gasteiger partial charge in [-0.15, -0.1) is 0 Å². The van der Waals surface area contributed by atoms with Crippen molar-refractivity contribution in [2.75, 3.05) is 6.54 Å². The third-order valence-corrected chi connectivity index (χ3v) is 6.90. The molecule has 1 aliphatic rings. The van der Waals surface area contributed by atoms with Crippen LogP contribution in [0.2, 0.25) is 0 Å². The summed E-state index contributed by atoms with van der Waals surface area (Å²) in [6, 6.07) is 18.9. The molecule has 0 spiro atoms. The minimum Gasteiger partial charge on any atom is -0.295 e. The Hall–Kier alpha value is -2.64. The molecule has 0 bridgehead atoms. The summed E-state index contributed by atoms with van der Waals surface area (Å²) >= 11 is 0. The second kappa shape index (κ2) is 4.79. The lowest BCUT2D eigenvalue weighted by atomic mass is 9.89. The summed E-state index contributed by atoms with van der Waals surface area (Å²) in [5, 5.41) is 14.7. The molecular weight excluding hydrogens is 326 g/mol. The highest BCUT2D eigenvalue weighted by molar-refractivity contribution is 6.44. The fraction of sp³-hybridized carbons (Fsp3) is 0.231. The maximum atomic E-state index is 2.64. The molecule has 0 amide bonds. The van der Waals surface area contributed by atoms with Crippen molar-refractivity contribution >= 4 is 53.9 Å². The van der Waals surface area contributed by atoms with Crippen LogP contribution in [-0.4, -0.2) is 11.4 Å². The number of benzene rings is 5. The van der Waals surface area contributed by atoms with Gasteiger partial charge in [0.1, 0.15) is 0 Å². The molecule has 0 aromatic heterocycles. The monoisotopic (exact) mass is 347 g/mol. The van der Waals surface area contributed by atoms with Crippen molar-refractivity contribution in [1.82, 2.24) is 4.90 Å². The smallest absolute Gasteiger partial charge is 0.0243 e. The van der Waals surface area contributed by atoms with E-state index in [4.69, 9.17) is 0 Å². The highest BCUT2D eigenvalue weighted by Crippen LogP contribution is 2.50. The van der Waals surface area contributed by atoms with E-state index in [1.165, 1.54) is 73.6 Å².